The van der Waals surface area contributed by atoms with Crippen LogP contribution in [0.25, 0.3) is 0 Å². The third-order valence-corrected chi connectivity index (χ3v) is 8.41. The fraction of sp³-hybridized carbons (Fsp3) is 0.783. The molecule has 0 aromatic heterocycles. The van der Waals surface area contributed by atoms with Gasteiger partial charge in [-0.3, -0.25) is 19.5 Å². The number of rotatable bonds is 6. The molecule has 1 saturated heterocycles. The van der Waals surface area contributed by atoms with Crippen molar-refractivity contribution in [2.45, 2.75) is 57.6 Å². The number of hydrogen-bond donors (Lipinski definition) is 2. The number of ether oxygens (including phenoxy) is 1. The lowest BCUT2D eigenvalue weighted by Gasteiger charge is -2.54. The highest BCUT2D eigenvalue weighted by Crippen LogP contribution is 2.55. The van der Waals surface area contributed by atoms with E-state index in [1.54, 1.807) is 7.05 Å². The largest absolute Gasteiger partial charge is 0.378 e. The molecule has 7 heteroatoms. The molecule has 4 fully saturated rings. The van der Waals surface area contributed by atoms with Crippen LogP contribution in [0, 0.1) is 29.1 Å². The van der Waals surface area contributed by atoms with Crippen LogP contribution in [0.1, 0.15) is 45.4 Å². The standard InChI is InChI=1S/C23H34N4O3/c1-3-30-17-13-16(23(17)8-4-5-9-23)26-22(24-2)25-10-11-27-20(28)18-14-6-7-15(12-14)19(18)21(27)29/h6-7,14-19H,3-5,8-13H2,1-2H3,(H2,24,25,26). The van der Waals surface area contributed by atoms with Gasteiger partial charge in [0.2, 0.25) is 11.8 Å². The first kappa shape index (κ1) is 20.0. The van der Waals surface area contributed by atoms with E-state index in [2.05, 4.69) is 34.7 Å². The van der Waals surface area contributed by atoms with Gasteiger partial charge < -0.3 is 15.4 Å². The van der Waals surface area contributed by atoms with E-state index in [0.29, 0.717) is 25.2 Å². The van der Waals surface area contributed by atoms with Crippen molar-refractivity contribution in [1.82, 2.24) is 15.5 Å². The molecule has 30 heavy (non-hydrogen) atoms. The lowest BCUT2D eigenvalue weighted by Crippen LogP contribution is -2.65. The van der Waals surface area contributed by atoms with E-state index < -0.39 is 0 Å². The molecule has 2 bridgehead atoms. The number of hydrogen-bond acceptors (Lipinski definition) is 4. The van der Waals surface area contributed by atoms with Crippen molar-refractivity contribution in [2.24, 2.45) is 34.1 Å². The van der Waals surface area contributed by atoms with Gasteiger partial charge in [-0.25, -0.2) is 0 Å². The molecule has 6 atom stereocenters. The molecule has 1 heterocycles. The molecule has 0 aromatic carbocycles. The predicted octanol–water partition coefficient (Wildman–Crippen LogP) is 1.70. The van der Waals surface area contributed by atoms with Crippen molar-refractivity contribution in [3.63, 3.8) is 0 Å². The summed E-state index contributed by atoms with van der Waals surface area (Å²) >= 11 is 0. The minimum Gasteiger partial charge on any atom is -0.378 e. The first-order valence-corrected chi connectivity index (χ1v) is 11.7. The highest BCUT2D eigenvalue weighted by molar-refractivity contribution is 6.06. The van der Waals surface area contributed by atoms with E-state index in [1.807, 2.05) is 0 Å². The Bertz CT molecular complexity index is 742. The molecule has 7 nitrogen and oxygen atoms in total. The van der Waals surface area contributed by atoms with Crippen molar-refractivity contribution < 1.29 is 14.3 Å². The highest BCUT2D eigenvalue weighted by Gasteiger charge is 2.59. The molecule has 6 unspecified atom stereocenters. The number of likely N-dealkylation sites (tertiary alicyclic amines) is 1. The number of aliphatic imine (C=N–C) groups is 1. The predicted molar refractivity (Wildman–Crippen MR) is 114 cm³/mol. The summed E-state index contributed by atoms with van der Waals surface area (Å²) in [4.78, 5) is 31.5. The summed E-state index contributed by atoms with van der Waals surface area (Å²) in [6.45, 7) is 3.76. The van der Waals surface area contributed by atoms with Crippen LogP contribution in [0.4, 0.5) is 0 Å². The zero-order valence-corrected chi connectivity index (χ0v) is 18.1. The lowest BCUT2D eigenvalue weighted by molar-refractivity contribution is -0.140. The maximum atomic E-state index is 12.8. The summed E-state index contributed by atoms with van der Waals surface area (Å²) in [5.74, 6) is 1.11. The van der Waals surface area contributed by atoms with Crippen molar-refractivity contribution in [1.29, 1.82) is 0 Å². The number of carbonyl (C=O) groups is 2. The van der Waals surface area contributed by atoms with Gasteiger partial charge in [-0.2, -0.15) is 0 Å². The molecular formula is C23H34N4O3. The normalized spacial score (nSPS) is 38.5. The summed E-state index contributed by atoms with van der Waals surface area (Å²) < 4.78 is 6.00. The summed E-state index contributed by atoms with van der Waals surface area (Å²) in [7, 11) is 1.77. The van der Waals surface area contributed by atoms with Gasteiger partial charge in [-0.1, -0.05) is 25.0 Å². The van der Waals surface area contributed by atoms with Gasteiger partial charge in [0.25, 0.3) is 0 Å². The van der Waals surface area contributed by atoms with Crippen molar-refractivity contribution in [3.05, 3.63) is 12.2 Å². The average molecular weight is 415 g/mol. The van der Waals surface area contributed by atoms with Crippen LogP contribution in [0.3, 0.4) is 0 Å². The van der Waals surface area contributed by atoms with Crippen LogP contribution in [0.2, 0.25) is 0 Å². The van der Waals surface area contributed by atoms with Gasteiger partial charge in [-0.15, -0.1) is 0 Å². The monoisotopic (exact) mass is 414 g/mol. The Morgan fingerprint density at radius 2 is 1.83 bits per heavy atom. The van der Waals surface area contributed by atoms with E-state index in [-0.39, 0.29) is 40.9 Å². The van der Waals surface area contributed by atoms with Crippen molar-refractivity contribution >= 4 is 17.8 Å². The van der Waals surface area contributed by atoms with Crippen molar-refractivity contribution in [3.8, 4) is 0 Å². The molecular weight excluding hydrogens is 380 g/mol. The second-order valence-corrected chi connectivity index (χ2v) is 9.64. The molecule has 0 radical (unpaired) electrons. The number of fused-ring (bicyclic) bond motifs is 5. The molecule has 2 amide bonds. The van der Waals surface area contributed by atoms with Gasteiger partial charge in [0.1, 0.15) is 0 Å². The Morgan fingerprint density at radius 3 is 2.43 bits per heavy atom. The first-order chi connectivity index (χ1) is 14.6. The molecule has 164 valence electrons. The second kappa shape index (κ2) is 7.66. The summed E-state index contributed by atoms with van der Waals surface area (Å²) in [5, 5.41) is 6.93. The fourth-order valence-electron chi connectivity index (χ4n) is 6.92. The Hall–Kier alpha value is -1.89. The number of amides is 2. The maximum absolute atomic E-state index is 12.8. The molecule has 1 aliphatic heterocycles. The SMILES string of the molecule is CCOC1CC(NC(=NC)NCCN2C(=O)C3C4C=CC(C4)C3C2=O)C12CCCC2. The lowest BCUT2D eigenvalue weighted by atomic mass is 9.60. The van der Waals surface area contributed by atoms with Crippen LogP contribution in [-0.4, -0.2) is 61.6 Å². The molecule has 2 N–H and O–H groups in total. The molecule has 4 aliphatic carbocycles. The van der Waals surface area contributed by atoms with Crippen LogP contribution in [0.15, 0.2) is 17.1 Å². The quantitative estimate of drug-likeness (QED) is 0.299. The summed E-state index contributed by atoms with van der Waals surface area (Å²) in [6.07, 6.45) is 11.6. The van der Waals surface area contributed by atoms with Crippen LogP contribution >= 0.6 is 0 Å². The second-order valence-electron chi connectivity index (χ2n) is 9.64. The Morgan fingerprint density at radius 1 is 1.17 bits per heavy atom. The Balaban J connectivity index is 1.14. The Labute approximate surface area is 178 Å². The van der Waals surface area contributed by atoms with E-state index in [1.165, 1.54) is 30.6 Å². The third kappa shape index (κ3) is 2.92. The molecule has 1 spiro atoms. The number of allylic oxidation sites excluding steroid dienone is 2. The van der Waals surface area contributed by atoms with E-state index in [0.717, 1.165) is 25.4 Å². The number of carbonyl (C=O) groups excluding carboxylic acids is 2. The number of imide groups is 1. The zero-order chi connectivity index (χ0) is 20.9. The maximum Gasteiger partial charge on any atom is 0.233 e. The van der Waals surface area contributed by atoms with Crippen LogP contribution in [0.5, 0.6) is 0 Å². The van der Waals surface area contributed by atoms with E-state index in [9.17, 15) is 9.59 Å². The van der Waals surface area contributed by atoms with Gasteiger partial charge >= 0.3 is 0 Å². The minimum absolute atomic E-state index is 0.0232. The topological polar surface area (TPSA) is 83.0 Å². The molecule has 5 rings (SSSR count). The number of nitrogens with one attached hydrogen (secondary N) is 2. The minimum atomic E-state index is -0.113. The summed E-state index contributed by atoms with van der Waals surface area (Å²) in [6, 6.07) is 0.374. The summed E-state index contributed by atoms with van der Waals surface area (Å²) in [5.41, 5.74) is 0.234. The number of guanidine groups is 1. The van der Waals surface area contributed by atoms with Gasteiger partial charge in [0, 0.05) is 38.2 Å². The molecule has 0 aromatic rings. The van der Waals surface area contributed by atoms with E-state index in [4.69, 9.17) is 4.74 Å². The van der Waals surface area contributed by atoms with Crippen LogP contribution < -0.4 is 10.6 Å². The first-order valence-electron chi connectivity index (χ1n) is 11.7. The number of nitrogens with zero attached hydrogens (tertiary/aromatic N) is 2. The highest BCUT2D eigenvalue weighted by atomic mass is 16.5. The van der Waals surface area contributed by atoms with Gasteiger partial charge in [0.05, 0.1) is 17.9 Å². The smallest absolute Gasteiger partial charge is 0.233 e. The van der Waals surface area contributed by atoms with Crippen molar-refractivity contribution in [2.75, 3.05) is 26.7 Å². The molecule has 3 saturated carbocycles. The fourth-order valence-corrected chi connectivity index (χ4v) is 6.92. The molecule has 5 aliphatic rings. The Kier molecular flexibility index (Phi) is 5.12. The van der Waals surface area contributed by atoms with Gasteiger partial charge in [-0.05, 0) is 44.4 Å². The van der Waals surface area contributed by atoms with Crippen LogP contribution in [-0.2, 0) is 14.3 Å². The zero-order valence-electron chi connectivity index (χ0n) is 18.1. The average Bonchev–Trinajstić information content (AvgIpc) is 3.52. The van der Waals surface area contributed by atoms with Gasteiger partial charge in [0.15, 0.2) is 5.96 Å². The van der Waals surface area contributed by atoms with E-state index >= 15 is 0 Å². The third-order valence-electron chi connectivity index (χ3n) is 8.41.